The Labute approximate surface area is 123 Å². The number of hydrogen-bond donors (Lipinski definition) is 2. The molecular formula is C16H18N4O. The van der Waals surface area contributed by atoms with Crippen LogP contribution in [0.15, 0.2) is 47.7 Å². The molecule has 108 valence electrons. The molecule has 3 N–H and O–H groups in total. The molecule has 0 aliphatic carbocycles. The maximum Gasteiger partial charge on any atom is 0.155 e. The zero-order chi connectivity index (χ0) is 14.7. The summed E-state index contributed by atoms with van der Waals surface area (Å²) in [6, 6.07) is 9.51. The number of nitrogens with two attached hydrogens (primary N) is 1. The molecule has 0 saturated carbocycles. The van der Waals surface area contributed by atoms with Crippen molar-refractivity contribution >= 4 is 17.2 Å². The van der Waals surface area contributed by atoms with Gasteiger partial charge in [0.1, 0.15) is 11.6 Å². The van der Waals surface area contributed by atoms with Crippen LogP contribution in [0, 0.1) is 0 Å². The number of aromatic nitrogens is 1. The van der Waals surface area contributed by atoms with Gasteiger partial charge in [-0.15, -0.1) is 0 Å². The summed E-state index contributed by atoms with van der Waals surface area (Å²) >= 11 is 0. The SMILES string of the molecule is CCC1Oc2ccc(N)cc2NC1=NCc1cccnc1. The van der Waals surface area contributed by atoms with Crippen LogP contribution in [0.3, 0.4) is 0 Å². The van der Waals surface area contributed by atoms with Gasteiger partial charge in [-0.2, -0.15) is 0 Å². The van der Waals surface area contributed by atoms with Gasteiger partial charge >= 0.3 is 0 Å². The lowest BCUT2D eigenvalue weighted by Crippen LogP contribution is -2.36. The fourth-order valence-corrected chi connectivity index (χ4v) is 2.26. The predicted octanol–water partition coefficient (Wildman–Crippen LogP) is 2.85. The molecule has 21 heavy (non-hydrogen) atoms. The Balaban J connectivity index is 1.84. The highest BCUT2D eigenvalue weighted by atomic mass is 16.5. The Bertz CT molecular complexity index is 655. The summed E-state index contributed by atoms with van der Waals surface area (Å²) in [4.78, 5) is 8.73. The number of amidine groups is 1. The van der Waals surface area contributed by atoms with Crippen molar-refractivity contribution < 1.29 is 4.74 Å². The van der Waals surface area contributed by atoms with Crippen LogP contribution in [-0.2, 0) is 6.54 Å². The van der Waals surface area contributed by atoms with E-state index in [1.807, 2.05) is 36.5 Å². The summed E-state index contributed by atoms with van der Waals surface area (Å²) in [6.45, 7) is 2.65. The summed E-state index contributed by atoms with van der Waals surface area (Å²) in [6.07, 6.45) is 4.37. The summed E-state index contributed by atoms with van der Waals surface area (Å²) in [5, 5.41) is 3.33. The minimum atomic E-state index is -0.0576. The van der Waals surface area contributed by atoms with Crippen LogP contribution in [0.2, 0.25) is 0 Å². The van der Waals surface area contributed by atoms with Gasteiger partial charge < -0.3 is 15.8 Å². The van der Waals surface area contributed by atoms with Crippen LogP contribution in [0.25, 0.3) is 0 Å². The molecule has 0 saturated heterocycles. The molecule has 2 heterocycles. The monoisotopic (exact) mass is 282 g/mol. The van der Waals surface area contributed by atoms with Crippen molar-refractivity contribution in [1.82, 2.24) is 4.98 Å². The van der Waals surface area contributed by atoms with E-state index in [1.165, 1.54) is 0 Å². The van der Waals surface area contributed by atoms with Crippen LogP contribution in [0.4, 0.5) is 11.4 Å². The molecule has 0 spiro atoms. The molecule has 0 radical (unpaired) electrons. The number of pyridine rings is 1. The maximum absolute atomic E-state index is 5.97. The Kier molecular flexibility index (Phi) is 3.73. The summed E-state index contributed by atoms with van der Waals surface area (Å²) < 4.78 is 5.97. The van der Waals surface area contributed by atoms with Crippen molar-refractivity contribution in [1.29, 1.82) is 0 Å². The van der Waals surface area contributed by atoms with Gasteiger partial charge in [-0.1, -0.05) is 13.0 Å². The second kappa shape index (κ2) is 5.83. The lowest BCUT2D eigenvalue weighted by atomic mass is 10.1. The first-order valence-corrected chi connectivity index (χ1v) is 7.02. The number of fused-ring (bicyclic) bond motifs is 1. The molecule has 1 atom stereocenters. The van der Waals surface area contributed by atoms with Gasteiger partial charge in [-0.25, -0.2) is 0 Å². The molecule has 0 bridgehead atoms. The van der Waals surface area contributed by atoms with Crippen molar-refractivity contribution in [3.63, 3.8) is 0 Å². The molecule has 1 unspecified atom stereocenters. The number of nitrogen functional groups attached to an aromatic ring is 1. The zero-order valence-corrected chi connectivity index (χ0v) is 11.9. The average molecular weight is 282 g/mol. The summed E-state index contributed by atoms with van der Waals surface area (Å²) in [7, 11) is 0. The van der Waals surface area contributed by atoms with E-state index in [0.717, 1.165) is 29.3 Å². The molecule has 5 heteroatoms. The molecule has 2 aromatic rings. The lowest BCUT2D eigenvalue weighted by Gasteiger charge is -2.28. The first kappa shape index (κ1) is 13.4. The van der Waals surface area contributed by atoms with Crippen molar-refractivity contribution in [3.05, 3.63) is 48.3 Å². The van der Waals surface area contributed by atoms with Crippen LogP contribution < -0.4 is 15.8 Å². The quantitative estimate of drug-likeness (QED) is 0.849. The molecule has 1 aromatic carbocycles. The van der Waals surface area contributed by atoms with E-state index in [1.54, 1.807) is 6.20 Å². The third-order valence-electron chi connectivity index (χ3n) is 3.37. The van der Waals surface area contributed by atoms with Crippen molar-refractivity contribution in [2.24, 2.45) is 4.99 Å². The average Bonchev–Trinajstić information content (AvgIpc) is 2.53. The number of rotatable bonds is 3. The van der Waals surface area contributed by atoms with Gasteiger partial charge in [0.15, 0.2) is 6.10 Å². The first-order valence-electron chi connectivity index (χ1n) is 7.02. The lowest BCUT2D eigenvalue weighted by molar-refractivity contribution is 0.258. The number of anilines is 2. The molecule has 1 aromatic heterocycles. The Hall–Kier alpha value is -2.56. The standard InChI is InChI=1S/C16H18N4O/c1-2-14-16(19-10-11-4-3-7-18-9-11)20-13-8-12(17)5-6-15(13)21-14/h3-9,14H,2,10,17H2,1H3,(H,19,20). The van der Waals surface area contributed by atoms with Crippen LogP contribution in [0.1, 0.15) is 18.9 Å². The highest BCUT2D eigenvalue weighted by Gasteiger charge is 2.24. The van der Waals surface area contributed by atoms with Gasteiger partial charge in [0.05, 0.1) is 12.2 Å². The van der Waals surface area contributed by atoms with Gasteiger partial charge in [-0.05, 0) is 36.2 Å². The molecule has 3 rings (SSSR count). The van der Waals surface area contributed by atoms with E-state index in [-0.39, 0.29) is 6.10 Å². The minimum Gasteiger partial charge on any atom is -0.480 e. The first-order chi connectivity index (χ1) is 10.3. The van der Waals surface area contributed by atoms with Crippen LogP contribution in [-0.4, -0.2) is 16.9 Å². The normalized spacial score (nSPS) is 18.7. The smallest absolute Gasteiger partial charge is 0.155 e. The van der Waals surface area contributed by atoms with E-state index in [9.17, 15) is 0 Å². The Morgan fingerprint density at radius 1 is 1.38 bits per heavy atom. The number of hydrogen-bond acceptors (Lipinski definition) is 4. The predicted molar refractivity (Wildman–Crippen MR) is 84.6 cm³/mol. The highest BCUT2D eigenvalue weighted by Crippen LogP contribution is 2.32. The van der Waals surface area contributed by atoms with E-state index in [0.29, 0.717) is 12.2 Å². The Morgan fingerprint density at radius 3 is 3.05 bits per heavy atom. The fourth-order valence-electron chi connectivity index (χ4n) is 2.26. The fraction of sp³-hybridized carbons (Fsp3) is 0.250. The van der Waals surface area contributed by atoms with Crippen molar-refractivity contribution in [2.75, 3.05) is 11.1 Å². The number of benzene rings is 1. The second-order valence-corrected chi connectivity index (χ2v) is 4.96. The number of aliphatic imine (C=N–C) groups is 1. The van der Waals surface area contributed by atoms with E-state index in [4.69, 9.17) is 10.5 Å². The topological polar surface area (TPSA) is 72.5 Å². The van der Waals surface area contributed by atoms with Crippen molar-refractivity contribution in [2.45, 2.75) is 26.0 Å². The van der Waals surface area contributed by atoms with E-state index in [2.05, 4.69) is 22.2 Å². The molecular weight excluding hydrogens is 264 g/mol. The molecule has 5 nitrogen and oxygen atoms in total. The van der Waals surface area contributed by atoms with Crippen LogP contribution in [0.5, 0.6) is 5.75 Å². The molecule has 1 aliphatic rings. The number of nitrogens with one attached hydrogen (secondary N) is 1. The zero-order valence-electron chi connectivity index (χ0n) is 11.9. The van der Waals surface area contributed by atoms with Gasteiger partial charge in [-0.3, -0.25) is 9.98 Å². The van der Waals surface area contributed by atoms with Crippen molar-refractivity contribution in [3.8, 4) is 5.75 Å². The second-order valence-electron chi connectivity index (χ2n) is 4.96. The summed E-state index contributed by atoms with van der Waals surface area (Å²) in [5.41, 5.74) is 8.45. The third-order valence-corrected chi connectivity index (χ3v) is 3.37. The molecule has 0 amide bonds. The third kappa shape index (κ3) is 2.97. The van der Waals surface area contributed by atoms with Gasteiger partial charge in [0.2, 0.25) is 0 Å². The molecule has 0 fully saturated rings. The number of nitrogens with zero attached hydrogens (tertiary/aromatic N) is 2. The highest BCUT2D eigenvalue weighted by molar-refractivity contribution is 6.02. The van der Waals surface area contributed by atoms with Gasteiger partial charge in [0, 0.05) is 18.1 Å². The summed E-state index contributed by atoms with van der Waals surface area (Å²) in [5.74, 6) is 1.65. The number of ether oxygens (including phenoxy) is 1. The van der Waals surface area contributed by atoms with E-state index >= 15 is 0 Å². The minimum absolute atomic E-state index is 0.0576. The van der Waals surface area contributed by atoms with Crippen LogP contribution >= 0.6 is 0 Å². The van der Waals surface area contributed by atoms with E-state index < -0.39 is 0 Å². The van der Waals surface area contributed by atoms with Gasteiger partial charge in [0.25, 0.3) is 0 Å². The molecule has 1 aliphatic heterocycles. The largest absolute Gasteiger partial charge is 0.480 e. The Morgan fingerprint density at radius 2 is 2.29 bits per heavy atom. The maximum atomic E-state index is 5.97.